The first-order valence-corrected chi connectivity index (χ1v) is 8.40. The summed E-state index contributed by atoms with van der Waals surface area (Å²) < 4.78 is 5.43. The van der Waals surface area contributed by atoms with E-state index in [-0.39, 0.29) is 11.9 Å². The summed E-state index contributed by atoms with van der Waals surface area (Å²) in [6.07, 6.45) is 3.29. The quantitative estimate of drug-likeness (QED) is 0.766. The summed E-state index contributed by atoms with van der Waals surface area (Å²) in [5.74, 6) is 0.670. The highest BCUT2D eigenvalue weighted by molar-refractivity contribution is 6.30. The lowest BCUT2D eigenvalue weighted by molar-refractivity contribution is -0.116. The van der Waals surface area contributed by atoms with Crippen LogP contribution in [0.1, 0.15) is 17.2 Å². The molecule has 0 radical (unpaired) electrons. The van der Waals surface area contributed by atoms with Gasteiger partial charge in [-0.2, -0.15) is 0 Å². The second kappa shape index (κ2) is 9.25. The second-order valence-corrected chi connectivity index (χ2v) is 6.29. The molecule has 0 aliphatic carbocycles. The number of hydrogen-bond donors (Lipinski definition) is 1. The maximum atomic E-state index is 12.1. The van der Waals surface area contributed by atoms with Gasteiger partial charge in [0.2, 0.25) is 5.91 Å². The van der Waals surface area contributed by atoms with Gasteiger partial charge in [0.15, 0.2) is 0 Å². The molecule has 2 rings (SSSR count). The van der Waals surface area contributed by atoms with E-state index in [0.29, 0.717) is 11.6 Å². The lowest BCUT2D eigenvalue weighted by Crippen LogP contribution is -2.33. The van der Waals surface area contributed by atoms with E-state index in [4.69, 9.17) is 16.3 Å². The van der Waals surface area contributed by atoms with Crippen molar-refractivity contribution in [2.75, 3.05) is 27.7 Å². The molecular weight excluding hydrogens is 336 g/mol. The highest BCUT2D eigenvalue weighted by Gasteiger charge is 2.18. The molecule has 0 saturated heterocycles. The number of benzene rings is 2. The van der Waals surface area contributed by atoms with E-state index in [1.165, 1.54) is 6.08 Å². The van der Waals surface area contributed by atoms with E-state index in [1.807, 2.05) is 50.5 Å². The molecule has 0 saturated carbocycles. The predicted octanol–water partition coefficient (Wildman–Crippen LogP) is 3.78. The number of halogens is 1. The Morgan fingerprint density at radius 2 is 1.88 bits per heavy atom. The maximum absolute atomic E-state index is 12.1. The fraction of sp³-hybridized carbons (Fsp3) is 0.250. The molecule has 0 spiro atoms. The monoisotopic (exact) mass is 358 g/mol. The lowest BCUT2D eigenvalue weighted by atomic mass is 10.0. The highest BCUT2D eigenvalue weighted by Crippen LogP contribution is 2.27. The third kappa shape index (κ3) is 5.62. The molecule has 1 atom stereocenters. The van der Waals surface area contributed by atoms with Crippen molar-refractivity contribution in [3.05, 3.63) is 70.8 Å². The van der Waals surface area contributed by atoms with E-state index >= 15 is 0 Å². The summed E-state index contributed by atoms with van der Waals surface area (Å²) in [5.41, 5.74) is 1.96. The van der Waals surface area contributed by atoms with Crippen molar-refractivity contribution in [2.24, 2.45) is 0 Å². The number of carbonyl (C=O) groups excluding carboxylic acids is 1. The summed E-state index contributed by atoms with van der Waals surface area (Å²) in [5, 5.41) is 3.62. The van der Waals surface area contributed by atoms with Gasteiger partial charge in [0, 0.05) is 23.2 Å². The standard InChI is InChI=1S/C20H23ClN2O2/c1-23(2)18(17-6-4-5-7-19(17)25-3)14-22-20(24)13-10-15-8-11-16(21)12-9-15/h4-13,18H,14H2,1-3H3,(H,22,24)/b13-10+. The van der Waals surface area contributed by atoms with E-state index in [1.54, 1.807) is 25.3 Å². The third-order valence-corrected chi connectivity index (χ3v) is 4.14. The van der Waals surface area contributed by atoms with Crippen LogP contribution in [0, 0.1) is 0 Å². The molecule has 0 fully saturated rings. The van der Waals surface area contributed by atoms with Gasteiger partial charge in [-0.05, 0) is 43.9 Å². The Labute approximate surface area is 154 Å². The zero-order chi connectivity index (χ0) is 18.2. The smallest absolute Gasteiger partial charge is 0.244 e. The summed E-state index contributed by atoms with van der Waals surface area (Å²) in [6.45, 7) is 0.483. The maximum Gasteiger partial charge on any atom is 0.244 e. The average Bonchev–Trinajstić information content (AvgIpc) is 2.61. The number of methoxy groups -OCH3 is 1. The molecule has 4 nitrogen and oxygen atoms in total. The van der Waals surface area contributed by atoms with Gasteiger partial charge >= 0.3 is 0 Å². The Balaban J connectivity index is 2.01. The number of hydrogen-bond acceptors (Lipinski definition) is 3. The zero-order valence-electron chi connectivity index (χ0n) is 14.7. The zero-order valence-corrected chi connectivity index (χ0v) is 15.5. The second-order valence-electron chi connectivity index (χ2n) is 5.85. The minimum Gasteiger partial charge on any atom is -0.496 e. The highest BCUT2D eigenvalue weighted by atomic mass is 35.5. The van der Waals surface area contributed by atoms with Gasteiger partial charge in [-0.3, -0.25) is 4.79 Å². The van der Waals surface area contributed by atoms with Gasteiger partial charge in [-0.25, -0.2) is 0 Å². The predicted molar refractivity (Wildman–Crippen MR) is 103 cm³/mol. The van der Waals surface area contributed by atoms with Gasteiger partial charge in [0.25, 0.3) is 0 Å². The van der Waals surface area contributed by atoms with Gasteiger partial charge in [0.05, 0.1) is 13.2 Å². The SMILES string of the molecule is COc1ccccc1C(CNC(=O)/C=C/c1ccc(Cl)cc1)N(C)C. The van der Waals surface area contributed by atoms with E-state index in [9.17, 15) is 4.79 Å². The largest absolute Gasteiger partial charge is 0.496 e. The van der Waals surface area contributed by atoms with Gasteiger partial charge < -0.3 is 15.0 Å². The average molecular weight is 359 g/mol. The van der Waals surface area contributed by atoms with Crippen LogP contribution in [0.2, 0.25) is 5.02 Å². The van der Waals surface area contributed by atoms with Gasteiger partial charge in [0.1, 0.15) is 5.75 Å². The van der Waals surface area contributed by atoms with Gasteiger partial charge in [-0.15, -0.1) is 0 Å². The molecule has 0 bridgehead atoms. The van der Waals surface area contributed by atoms with E-state index in [0.717, 1.165) is 16.9 Å². The number of nitrogens with one attached hydrogen (secondary N) is 1. The number of amides is 1. The molecule has 0 aliphatic rings. The van der Waals surface area contributed by atoms with Crippen molar-refractivity contribution in [2.45, 2.75) is 6.04 Å². The molecule has 2 aromatic carbocycles. The van der Waals surface area contributed by atoms with Crippen LogP contribution in [0.4, 0.5) is 0 Å². The summed E-state index contributed by atoms with van der Waals surface area (Å²) in [4.78, 5) is 14.2. The summed E-state index contributed by atoms with van der Waals surface area (Å²) in [7, 11) is 5.61. The van der Waals surface area contributed by atoms with E-state index in [2.05, 4.69) is 10.2 Å². The lowest BCUT2D eigenvalue weighted by Gasteiger charge is -2.26. The number of nitrogens with zero attached hydrogens (tertiary/aromatic N) is 1. The van der Waals surface area contributed by atoms with Crippen molar-refractivity contribution >= 4 is 23.6 Å². The molecule has 0 heterocycles. The molecule has 25 heavy (non-hydrogen) atoms. The van der Waals surface area contributed by atoms with Crippen LogP contribution in [-0.2, 0) is 4.79 Å². The Kier molecular flexibility index (Phi) is 7.04. The Bertz CT molecular complexity index is 727. The fourth-order valence-electron chi connectivity index (χ4n) is 2.51. The van der Waals surface area contributed by atoms with Crippen LogP contribution in [0.5, 0.6) is 5.75 Å². The van der Waals surface area contributed by atoms with Crippen molar-refractivity contribution in [3.8, 4) is 5.75 Å². The van der Waals surface area contributed by atoms with Crippen molar-refractivity contribution in [1.29, 1.82) is 0 Å². The molecular formula is C20H23ClN2O2. The molecule has 132 valence electrons. The third-order valence-electron chi connectivity index (χ3n) is 3.89. The van der Waals surface area contributed by atoms with Gasteiger partial charge in [-0.1, -0.05) is 41.9 Å². The number of para-hydroxylation sites is 1. The molecule has 1 unspecified atom stereocenters. The van der Waals surface area contributed by atoms with Crippen LogP contribution in [0.3, 0.4) is 0 Å². The summed E-state index contributed by atoms with van der Waals surface area (Å²) >= 11 is 5.85. The first-order chi connectivity index (χ1) is 12.0. The topological polar surface area (TPSA) is 41.6 Å². The van der Waals surface area contributed by atoms with Crippen LogP contribution in [0.15, 0.2) is 54.6 Å². The first-order valence-electron chi connectivity index (χ1n) is 8.02. The van der Waals surface area contributed by atoms with E-state index < -0.39 is 0 Å². The van der Waals surface area contributed by atoms with Crippen LogP contribution in [0.25, 0.3) is 6.08 Å². The first kappa shape index (κ1) is 19.0. The van der Waals surface area contributed by atoms with Crippen molar-refractivity contribution in [3.63, 3.8) is 0 Å². The molecule has 5 heteroatoms. The molecule has 0 aliphatic heterocycles. The number of carbonyl (C=O) groups is 1. The molecule has 1 N–H and O–H groups in total. The van der Waals surface area contributed by atoms with Crippen LogP contribution in [-0.4, -0.2) is 38.6 Å². The number of ether oxygens (including phenoxy) is 1. The van der Waals surface area contributed by atoms with Crippen molar-refractivity contribution in [1.82, 2.24) is 10.2 Å². The molecule has 1 amide bonds. The Morgan fingerprint density at radius 3 is 2.52 bits per heavy atom. The molecule has 2 aromatic rings. The van der Waals surface area contributed by atoms with Crippen LogP contribution >= 0.6 is 11.6 Å². The number of rotatable bonds is 7. The minimum absolute atomic E-state index is 0.0176. The summed E-state index contributed by atoms with van der Waals surface area (Å²) in [6, 6.07) is 15.2. The van der Waals surface area contributed by atoms with Crippen molar-refractivity contribution < 1.29 is 9.53 Å². The normalized spacial score (nSPS) is 12.4. The Morgan fingerprint density at radius 1 is 1.20 bits per heavy atom. The van der Waals surface area contributed by atoms with Crippen LogP contribution < -0.4 is 10.1 Å². The minimum atomic E-state index is -0.142. The Hall–Kier alpha value is -2.30. The number of likely N-dealkylation sites (N-methyl/N-ethyl adjacent to an activating group) is 1. The molecule has 0 aromatic heterocycles. The fourth-order valence-corrected chi connectivity index (χ4v) is 2.64.